The average molecular weight is 487 g/mol. The molecule has 0 amide bonds. The second-order valence-corrected chi connectivity index (χ2v) is 9.89. The van der Waals surface area contributed by atoms with Crippen LogP contribution < -0.4 is 11.2 Å². The Morgan fingerprint density at radius 3 is 2.59 bits per heavy atom. The van der Waals surface area contributed by atoms with Crippen molar-refractivity contribution in [1.82, 2.24) is 9.13 Å². The van der Waals surface area contributed by atoms with Crippen LogP contribution in [0.2, 0.25) is 0 Å². The van der Waals surface area contributed by atoms with Crippen LogP contribution in [-0.4, -0.2) is 28.0 Å². The molecule has 6 nitrogen and oxygen atoms in total. The van der Waals surface area contributed by atoms with Crippen molar-refractivity contribution in [3.63, 3.8) is 0 Å². The summed E-state index contributed by atoms with van der Waals surface area (Å²) in [4.78, 5) is 42.7. The molecule has 0 N–H and O–H groups in total. The van der Waals surface area contributed by atoms with Gasteiger partial charge in [0, 0.05) is 9.77 Å². The fourth-order valence-electron chi connectivity index (χ4n) is 3.66. The van der Waals surface area contributed by atoms with Gasteiger partial charge in [0.05, 0.1) is 23.4 Å². The van der Waals surface area contributed by atoms with E-state index in [0.29, 0.717) is 16.8 Å². The number of esters is 1. The summed E-state index contributed by atoms with van der Waals surface area (Å²) >= 11 is 4.64. The highest BCUT2D eigenvalue weighted by Crippen LogP contribution is 2.38. The van der Waals surface area contributed by atoms with E-state index in [0.717, 1.165) is 30.3 Å². The van der Waals surface area contributed by atoms with E-state index in [-0.39, 0.29) is 6.61 Å². The van der Waals surface area contributed by atoms with E-state index in [1.807, 2.05) is 55.0 Å². The van der Waals surface area contributed by atoms with Crippen LogP contribution in [0.5, 0.6) is 0 Å². The van der Waals surface area contributed by atoms with E-state index in [2.05, 4.69) is 0 Å². The van der Waals surface area contributed by atoms with E-state index >= 15 is 0 Å². The first kappa shape index (κ1) is 22.6. The van der Waals surface area contributed by atoms with Crippen LogP contribution >= 0.6 is 34.4 Å². The lowest BCUT2D eigenvalue weighted by Crippen LogP contribution is -2.42. The summed E-state index contributed by atoms with van der Waals surface area (Å²) in [6.07, 6.45) is 1.99. The topological polar surface area (TPSA) is 70.3 Å². The Morgan fingerprint density at radius 1 is 1.12 bits per heavy atom. The predicted octanol–water partition coefficient (Wildman–Crippen LogP) is 4.59. The first-order valence-corrected chi connectivity index (χ1v) is 13.0. The molecule has 0 bridgehead atoms. The van der Waals surface area contributed by atoms with Crippen molar-refractivity contribution >= 4 is 50.6 Å². The molecule has 166 valence electrons. The molecular weight excluding hydrogens is 464 g/mol. The Labute approximate surface area is 197 Å². The van der Waals surface area contributed by atoms with Gasteiger partial charge in [-0.2, -0.15) is 0 Å². The SMILES string of the molecule is CCOC(=O)Cn1c(=O)c2c(C)c(-c3cccs3)sc2n(Cc2ccccc2SC)c1=O. The minimum atomic E-state index is -0.603. The summed E-state index contributed by atoms with van der Waals surface area (Å²) < 4.78 is 7.62. The van der Waals surface area contributed by atoms with Crippen molar-refractivity contribution in [2.45, 2.75) is 31.8 Å². The molecule has 0 spiro atoms. The molecular formula is C23H22N2O4S3. The Bertz CT molecular complexity index is 1400. The second kappa shape index (κ2) is 9.48. The van der Waals surface area contributed by atoms with Crippen molar-refractivity contribution in [2.24, 2.45) is 0 Å². The van der Waals surface area contributed by atoms with Gasteiger partial charge in [0.15, 0.2) is 0 Å². The van der Waals surface area contributed by atoms with E-state index in [9.17, 15) is 14.4 Å². The van der Waals surface area contributed by atoms with E-state index in [4.69, 9.17) is 4.74 Å². The van der Waals surface area contributed by atoms with Gasteiger partial charge in [-0.1, -0.05) is 24.3 Å². The molecule has 3 aromatic heterocycles. The Kier molecular flexibility index (Phi) is 6.68. The quantitative estimate of drug-likeness (QED) is 0.282. The minimum absolute atomic E-state index is 0.186. The van der Waals surface area contributed by atoms with Gasteiger partial charge in [-0.3, -0.25) is 14.2 Å². The number of benzene rings is 1. The Balaban J connectivity index is 1.99. The molecule has 0 atom stereocenters. The number of fused-ring (bicyclic) bond motifs is 1. The van der Waals surface area contributed by atoms with E-state index < -0.39 is 23.8 Å². The van der Waals surface area contributed by atoms with Crippen molar-refractivity contribution in [2.75, 3.05) is 12.9 Å². The van der Waals surface area contributed by atoms with Crippen LogP contribution in [0.3, 0.4) is 0 Å². The average Bonchev–Trinajstić information content (AvgIpc) is 3.42. The molecule has 0 fully saturated rings. The lowest BCUT2D eigenvalue weighted by Gasteiger charge is -2.13. The lowest BCUT2D eigenvalue weighted by atomic mass is 10.2. The number of thiophene rings is 2. The number of rotatable bonds is 7. The molecule has 0 unspecified atom stereocenters. The third kappa shape index (κ3) is 4.07. The monoisotopic (exact) mass is 486 g/mol. The first-order chi connectivity index (χ1) is 15.5. The summed E-state index contributed by atoms with van der Waals surface area (Å²) in [7, 11) is 0. The molecule has 3 heterocycles. The highest BCUT2D eigenvalue weighted by molar-refractivity contribution is 7.98. The number of hydrogen-bond donors (Lipinski definition) is 0. The number of carbonyl (C=O) groups is 1. The number of carbonyl (C=O) groups excluding carboxylic acids is 1. The highest BCUT2D eigenvalue weighted by Gasteiger charge is 2.23. The second-order valence-electron chi connectivity index (χ2n) is 7.09. The number of aromatic nitrogens is 2. The van der Waals surface area contributed by atoms with Gasteiger partial charge in [-0.25, -0.2) is 9.36 Å². The van der Waals surface area contributed by atoms with Crippen molar-refractivity contribution in [1.29, 1.82) is 0 Å². The normalized spacial score (nSPS) is 11.2. The number of aryl methyl sites for hydroxylation is 1. The van der Waals surface area contributed by atoms with Gasteiger partial charge in [-0.15, -0.1) is 34.4 Å². The zero-order chi connectivity index (χ0) is 22.8. The number of hydrogen-bond acceptors (Lipinski definition) is 7. The third-order valence-electron chi connectivity index (χ3n) is 5.15. The maximum absolute atomic E-state index is 13.5. The molecule has 32 heavy (non-hydrogen) atoms. The zero-order valence-corrected chi connectivity index (χ0v) is 20.4. The standard InChI is InChI=1S/C23H22N2O4S3/c1-4-29-18(26)13-24-21(27)19-14(2)20(17-10-7-11-31-17)32-22(19)25(23(24)28)12-15-8-5-6-9-16(15)30-3/h5-11H,4,12-13H2,1-3H3. The number of ether oxygens (including phenoxy) is 1. The van der Waals surface area contributed by atoms with Crippen LogP contribution in [0.4, 0.5) is 0 Å². The zero-order valence-electron chi connectivity index (χ0n) is 17.9. The first-order valence-electron chi connectivity index (χ1n) is 10.0. The summed E-state index contributed by atoms with van der Waals surface area (Å²) in [5.41, 5.74) is 0.838. The van der Waals surface area contributed by atoms with Crippen molar-refractivity contribution < 1.29 is 9.53 Å². The Hall–Kier alpha value is -2.62. The third-order valence-corrected chi connectivity index (χ3v) is 8.36. The van der Waals surface area contributed by atoms with Gasteiger partial charge in [0.2, 0.25) is 0 Å². The molecule has 0 radical (unpaired) electrons. The largest absolute Gasteiger partial charge is 0.465 e. The fourth-order valence-corrected chi connectivity index (χ4v) is 6.47. The van der Waals surface area contributed by atoms with Crippen LogP contribution in [0.1, 0.15) is 18.1 Å². The van der Waals surface area contributed by atoms with E-state index in [1.54, 1.807) is 34.6 Å². The Morgan fingerprint density at radius 2 is 1.91 bits per heavy atom. The molecule has 0 saturated heterocycles. The number of thioether (sulfide) groups is 1. The van der Waals surface area contributed by atoms with Crippen LogP contribution in [0.15, 0.2) is 56.3 Å². The van der Waals surface area contributed by atoms with Gasteiger partial charge >= 0.3 is 11.7 Å². The molecule has 0 aliphatic heterocycles. The van der Waals surface area contributed by atoms with Crippen LogP contribution in [-0.2, 0) is 22.6 Å². The molecule has 0 aliphatic carbocycles. The maximum Gasteiger partial charge on any atom is 0.332 e. The van der Waals surface area contributed by atoms with Gasteiger partial charge in [0.25, 0.3) is 5.56 Å². The molecule has 9 heteroatoms. The van der Waals surface area contributed by atoms with Crippen LogP contribution in [0.25, 0.3) is 20.0 Å². The minimum Gasteiger partial charge on any atom is -0.465 e. The molecule has 1 aromatic carbocycles. The molecule has 4 rings (SSSR count). The summed E-state index contributed by atoms with van der Waals surface area (Å²) in [6.45, 7) is 3.67. The molecule has 0 aliphatic rings. The summed E-state index contributed by atoms with van der Waals surface area (Å²) in [6, 6.07) is 11.8. The molecule has 4 aromatic rings. The summed E-state index contributed by atoms with van der Waals surface area (Å²) in [5.74, 6) is -0.603. The van der Waals surface area contributed by atoms with Crippen LogP contribution in [0, 0.1) is 6.92 Å². The van der Waals surface area contributed by atoms with Gasteiger partial charge in [-0.05, 0) is 48.7 Å². The lowest BCUT2D eigenvalue weighted by molar-refractivity contribution is -0.143. The van der Waals surface area contributed by atoms with Gasteiger partial charge in [0.1, 0.15) is 11.4 Å². The summed E-state index contributed by atoms with van der Waals surface area (Å²) in [5, 5.41) is 2.46. The van der Waals surface area contributed by atoms with Crippen molar-refractivity contribution in [3.8, 4) is 9.75 Å². The van der Waals surface area contributed by atoms with Gasteiger partial charge < -0.3 is 4.74 Å². The van der Waals surface area contributed by atoms with Crippen molar-refractivity contribution in [3.05, 3.63) is 73.7 Å². The van der Waals surface area contributed by atoms with E-state index in [1.165, 1.54) is 11.3 Å². The molecule has 0 saturated carbocycles. The highest BCUT2D eigenvalue weighted by atomic mass is 32.2. The predicted molar refractivity (Wildman–Crippen MR) is 132 cm³/mol. The maximum atomic E-state index is 13.5. The fraction of sp³-hybridized carbons (Fsp3) is 0.261. The number of nitrogens with zero attached hydrogens (tertiary/aromatic N) is 2. The smallest absolute Gasteiger partial charge is 0.332 e.